The Morgan fingerprint density at radius 2 is 2.64 bits per heavy atom. The van der Waals surface area contributed by atoms with E-state index in [4.69, 9.17) is 10.00 Å². The summed E-state index contributed by atoms with van der Waals surface area (Å²) in [4.78, 5) is 3.70. The van der Waals surface area contributed by atoms with Gasteiger partial charge in [-0.15, -0.1) is 0 Å². The minimum absolute atomic E-state index is 0.399. The molecule has 0 aliphatic carbocycles. The van der Waals surface area contributed by atoms with Crippen LogP contribution in [0.4, 0.5) is 0 Å². The summed E-state index contributed by atoms with van der Waals surface area (Å²) in [5, 5.41) is 8.45. The molecule has 1 heterocycles. The zero-order chi connectivity index (χ0) is 8.10. The minimum Gasteiger partial charge on any atom is -0.492 e. The second-order valence-electron chi connectivity index (χ2n) is 1.88. The van der Waals surface area contributed by atoms with Crippen LogP contribution in [0, 0.1) is 17.5 Å². The van der Waals surface area contributed by atoms with Crippen LogP contribution in [0.1, 0.15) is 12.5 Å². The van der Waals surface area contributed by atoms with Gasteiger partial charge in [0.15, 0.2) is 0 Å². The normalized spacial score (nSPS) is 8.73. The van der Waals surface area contributed by atoms with E-state index in [-0.39, 0.29) is 0 Å². The Labute approximate surface area is 65.3 Å². The van der Waals surface area contributed by atoms with Gasteiger partial charge >= 0.3 is 0 Å². The maximum atomic E-state index is 8.45. The molecule has 0 bridgehead atoms. The third-order valence-electron chi connectivity index (χ3n) is 1.09. The molecule has 0 fully saturated rings. The first-order valence-corrected chi connectivity index (χ1v) is 3.27. The zero-order valence-electron chi connectivity index (χ0n) is 6.16. The Bertz CT molecular complexity index is 278. The Morgan fingerprint density at radius 1 is 1.82 bits per heavy atom. The fourth-order valence-electron chi connectivity index (χ4n) is 0.680. The van der Waals surface area contributed by atoms with E-state index in [2.05, 4.69) is 11.2 Å². The number of rotatable bonds is 2. The summed E-state index contributed by atoms with van der Waals surface area (Å²) in [6, 6.07) is 3.54. The molecule has 0 aliphatic rings. The van der Waals surface area contributed by atoms with Crippen molar-refractivity contribution in [2.24, 2.45) is 0 Å². The van der Waals surface area contributed by atoms with Gasteiger partial charge in [-0.25, -0.2) is 4.98 Å². The van der Waals surface area contributed by atoms with E-state index in [1.807, 2.05) is 13.0 Å². The molecule has 0 atom stereocenters. The summed E-state index contributed by atoms with van der Waals surface area (Å²) in [6.45, 7) is 2.46. The van der Waals surface area contributed by atoms with Crippen molar-refractivity contribution >= 4 is 0 Å². The third-order valence-corrected chi connectivity index (χ3v) is 1.09. The molecule has 0 spiro atoms. The maximum absolute atomic E-state index is 8.45. The highest BCUT2D eigenvalue weighted by molar-refractivity contribution is 5.31. The highest BCUT2D eigenvalue weighted by atomic mass is 16.5. The summed E-state index contributed by atoms with van der Waals surface area (Å²) < 4.78 is 5.11. The Balaban J connectivity index is 2.85. The van der Waals surface area contributed by atoms with Gasteiger partial charge in [-0.2, -0.15) is 5.26 Å². The van der Waals surface area contributed by atoms with Crippen LogP contribution in [-0.4, -0.2) is 11.6 Å². The van der Waals surface area contributed by atoms with Gasteiger partial charge in [-0.3, -0.25) is 0 Å². The number of nitriles is 1. The van der Waals surface area contributed by atoms with Gasteiger partial charge in [0.1, 0.15) is 18.0 Å². The van der Waals surface area contributed by atoms with Crippen molar-refractivity contribution in [1.29, 1.82) is 5.26 Å². The molecule has 0 aromatic carbocycles. The molecular weight excluding hydrogens is 140 g/mol. The first-order chi connectivity index (χ1) is 5.36. The first kappa shape index (κ1) is 7.55. The average molecular weight is 147 g/mol. The predicted molar refractivity (Wildman–Crippen MR) is 39.0 cm³/mol. The van der Waals surface area contributed by atoms with Crippen LogP contribution in [0.15, 0.2) is 12.3 Å². The van der Waals surface area contributed by atoms with Gasteiger partial charge in [0.05, 0.1) is 18.4 Å². The molecule has 1 rings (SSSR count). The van der Waals surface area contributed by atoms with Gasteiger partial charge in [0, 0.05) is 6.07 Å². The summed E-state index contributed by atoms with van der Waals surface area (Å²) in [6.07, 6.45) is 4.06. The molecule has 0 unspecified atom stereocenters. The average Bonchev–Trinajstić information content (AvgIpc) is 2.06. The van der Waals surface area contributed by atoms with Gasteiger partial charge in [-0.1, -0.05) is 0 Å². The number of aromatic nitrogens is 1. The van der Waals surface area contributed by atoms with Crippen molar-refractivity contribution in [3.8, 4) is 11.8 Å². The highest BCUT2D eigenvalue weighted by Crippen LogP contribution is 2.08. The molecule has 0 amide bonds. The summed E-state index contributed by atoms with van der Waals surface area (Å²) in [5.41, 5.74) is 0.399. The fourth-order valence-corrected chi connectivity index (χ4v) is 0.680. The van der Waals surface area contributed by atoms with Gasteiger partial charge < -0.3 is 4.74 Å². The van der Waals surface area contributed by atoms with Gasteiger partial charge in [0.2, 0.25) is 0 Å². The molecular formula is C8H7N2O. The van der Waals surface area contributed by atoms with Crippen molar-refractivity contribution < 1.29 is 4.74 Å². The van der Waals surface area contributed by atoms with E-state index in [1.165, 1.54) is 6.20 Å². The number of nitrogens with zero attached hydrogens (tertiary/aromatic N) is 2. The molecule has 1 radical (unpaired) electrons. The molecule has 1 aromatic rings. The van der Waals surface area contributed by atoms with Crippen LogP contribution >= 0.6 is 0 Å². The summed E-state index contributed by atoms with van der Waals surface area (Å²) in [5.74, 6) is 0.614. The quantitative estimate of drug-likeness (QED) is 0.630. The van der Waals surface area contributed by atoms with E-state index in [0.717, 1.165) is 0 Å². The molecule has 0 aliphatic heterocycles. The van der Waals surface area contributed by atoms with Crippen LogP contribution < -0.4 is 4.74 Å². The van der Waals surface area contributed by atoms with Gasteiger partial charge in [0.25, 0.3) is 0 Å². The second kappa shape index (κ2) is 3.57. The monoisotopic (exact) mass is 147 g/mol. The first-order valence-electron chi connectivity index (χ1n) is 3.27. The fraction of sp³-hybridized carbons (Fsp3) is 0.250. The van der Waals surface area contributed by atoms with Crippen LogP contribution in [-0.2, 0) is 0 Å². The lowest BCUT2D eigenvalue weighted by molar-refractivity contribution is 0.338. The molecule has 11 heavy (non-hydrogen) atoms. The second-order valence-corrected chi connectivity index (χ2v) is 1.88. The van der Waals surface area contributed by atoms with Crippen molar-refractivity contribution in [2.75, 3.05) is 6.61 Å². The topological polar surface area (TPSA) is 45.9 Å². The van der Waals surface area contributed by atoms with Crippen molar-refractivity contribution in [2.45, 2.75) is 6.92 Å². The number of hydrogen-bond acceptors (Lipinski definition) is 3. The molecule has 0 N–H and O–H groups in total. The van der Waals surface area contributed by atoms with Crippen LogP contribution in [0.2, 0.25) is 0 Å². The molecule has 3 heteroatoms. The van der Waals surface area contributed by atoms with E-state index >= 15 is 0 Å². The number of pyridine rings is 1. The van der Waals surface area contributed by atoms with Crippen LogP contribution in [0.5, 0.6) is 5.75 Å². The maximum Gasteiger partial charge on any atom is 0.138 e. The SMILES string of the molecule is CCOc1cn[c]c(C#N)c1. The lowest BCUT2D eigenvalue weighted by atomic mass is 10.3. The Hall–Kier alpha value is -1.56. The van der Waals surface area contributed by atoms with Crippen molar-refractivity contribution in [3.05, 3.63) is 24.0 Å². The molecule has 1 aromatic heterocycles. The summed E-state index contributed by atoms with van der Waals surface area (Å²) in [7, 11) is 0. The Morgan fingerprint density at radius 3 is 3.27 bits per heavy atom. The van der Waals surface area contributed by atoms with E-state index in [9.17, 15) is 0 Å². The van der Waals surface area contributed by atoms with E-state index in [0.29, 0.717) is 17.9 Å². The lowest BCUT2D eigenvalue weighted by Gasteiger charge is -1.99. The van der Waals surface area contributed by atoms with Crippen molar-refractivity contribution in [1.82, 2.24) is 4.98 Å². The smallest absolute Gasteiger partial charge is 0.138 e. The summed E-state index contributed by atoms with van der Waals surface area (Å²) >= 11 is 0. The van der Waals surface area contributed by atoms with Gasteiger partial charge in [-0.05, 0) is 6.92 Å². The largest absolute Gasteiger partial charge is 0.492 e. The van der Waals surface area contributed by atoms with E-state index < -0.39 is 0 Å². The molecule has 0 saturated heterocycles. The van der Waals surface area contributed by atoms with E-state index in [1.54, 1.807) is 6.07 Å². The zero-order valence-corrected chi connectivity index (χ0v) is 6.16. The Kier molecular flexibility index (Phi) is 2.45. The van der Waals surface area contributed by atoms with Crippen LogP contribution in [0.3, 0.4) is 0 Å². The predicted octanol–water partition coefficient (Wildman–Crippen LogP) is 1.15. The molecule has 55 valence electrons. The molecule has 0 saturated carbocycles. The number of ether oxygens (including phenoxy) is 1. The van der Waals surface area contributed by atoms with Crippen LogP contribution in [0.25, 0.3) is 0 Å². The lowest BCUT2D eigenvalue weighted by Crippen LogP contribution is -1.92. The number of hydrogen-bond donors (Lipinski definition) is 0. The minimum atomic E-state index is 0.399. The van der Waals surface area contributed by atoms with Crippen molar-refractivity contribution in [3.63, 3.8) is 0 Å². The molecule has 3 nitrogen and oxygen atoms in total. The highest BCUT2D eigenvalue weighted by Gasteiger charge is 1.94. The standard InChI is InChI=1S/C8H7N2O/c1-2-11-8-3-7(4-9)5-10-6-8/h3,6H,2H2,1H3. The third kappa shape index (κ3) is 1.94.